The van der Waals surface area contributed by atoms with Crippen molar-refractivity contribution in [1.29, 1.82) is 0 Å². The lowest BCUT2D eigenvalue weighted by Crippen LogP contribution is -2.33. The fourth-order valence-corrected chi connectivity index (χ4v) is 3.26. The predicted molar refractivity (Wildman–Crippen MR) is 94.2 cm³/mol. The van der Waals surface area contributed by atoms with Crippen molar-refractivity contribution in [3.05, 3.63) is 52.2 Å². The molecule has 126 valence electrons. The predicted octanol–water partition coefficient (Wildman–Crippen LogP) is 2.58. The Morgan fingerprint density at radius 2 is 2.04 bits per heavy atom. The number of aliphatic hydroxyl groups excluding tert-OH is 1. The minimum atomic E-state index is -0.730. The van der Waals surface area contributed by atoms with Crippen molar-refractivity contribution >= 4 is 28.8 Å². The van der Waals surface area contributed by atoms with E-state index in [2.05, 4.69) is 5.32 Å². The summed E-state index contributed by atoms with van der Waals surface area (Å²) < 4.78 is 0. The van der Waals surface area contributed by atoms with Gasteiger partial charge < -0.3 is 15.3 Å². The van der Waals surface area contributed by atoms with Crippen LogP contribution >= 0.6 is 11.3 Å². The van der Waals surface area contributed by atoms with E-state index in [9.17, 15) is 14.7 Å². The number of nitrogens with one attached hydrogen (secondary N) is 1. The van der Waals surface area contributed by atoms with Crippen molar-refractivity contribution in [3.63, 3.8) is 0 Å². The van der Waals surface area contributed by atoms with E-state index in [4.69, 9.17) is 0 Å². The molecule has 0 aliphatic heterocycles. The summed E-state index contributed by atoms with van der Waals surface area (Å²) in [6, 6.07) is 10.7. The highest BCUT2D eigenvalue weighted by Crippen LogP contribution is 2.33. The molecule has 0 saturated heterocycles. The monoisotopic (exact) mass is 344 g/mol. The Balaban J connectivity index is 1.69. The zero-order valence-corrected chi connectivity index (χ0v) is 14.3. The molecule has 2 amide bonds. The van der Waals surface area contributed by atoms with E-state index < -0.39 is 6.10 Å². The molecule has 5 nitrogen and oxygen atoms in total. The van der Waals surface area contributed by atoms with Gasteiger partial charge in [-0.15, -0.1) is 11.3 Å². The summed E-state index contributed by atoms with van der Waals surface area (Å²) in [5.74, 6) is -0.155. The van der Waals surface area contributed by atoms with Gasteiger partial charge in [0.15, 0.2) is 0 Å². The fourth-order valence-electron chi connectivity index (χ4n) is 2.55. The number of carbonyl (C=O) groups is 2. The maximum atomic E-state index is 12.5. The fraction of sp³-hybridized carbons (Fsp3) is 0.333. The first-order valence-electron chi connectivity index (χ1n) is 7.94. The molecule has 1 fully saturated rings. The van der Waals surface area contributed by atoms with Gasteiger partial charge in [0, 0.05) is 24.4 Å². The number of amides is 2. The molecule has 2 N–H and O–H groups in total. The Morgan fingerprint density at radius 3 is 2.71 bits per heavy atom. The number of anilines is 1. The van der Waals surface area contributed by atoms with E-state index in [-0.39, 0.29) is 24.3 Å². The summed E-state index contributed by atoms with van der Waals surface area (Å²) >= 11 is 1.45. The number of rotatable bonds is 6. The van der Waals surface area contributed by atoms with Crippen LogP contribution in [-0.2, 0) is 4.79 Å². The van der Waals surface area contributed by atoms with Crippen molar-refractivity contribution < 1.29 is 14.7 Å². The molecule has 1 saturated carbocycles. The van der Waals surface area contributed by atoms with Gasteiger partial charge in [0.05, 0.1) is 11.3 Å². The largest absolute Gasteiger partial charge is 0.386 e. The lowest BCUT2D eigenvalue weighted by molar-refractivity contribution is -0.119. The van der Waals surface area contributed by atoms with Crippen LogP contribution in [0.4, 0.5) is 5.69 Å². The van der Waals surface area contributed by atoms with Crippen LogP contribution < -0.4 is 10.2 Å². The number of aliphatic hydroxyl groups is 1. The number of para-hydroxylation sites is 1. The van der Waals surface area contributed by atoms with Crippen molar-refractivity contribution in [2.24, 2.45) is 5.92 Å². The molecule has 1 aromatic carbocycles. The van der Waals surface area contributed by atoms with E-state index in [0.29, 0.717) is 11.3 Å². The van der Waals surface area contributed by atoms with Crippen LogP contribution in [0.2, 0.25) is 0 Å². The molecule has 1 aromatic heterocycles. The number of thiophene rings is 1. The molecule has 1 aliphatic rings. The maximum Gasteiger partial charge on any atom is 0.253 e. The third-order valence-corrected chi connectivity index (χ3v) is 5.07. The molecule has 2 aromatic rings. The summed E-state index contributed by atoms with van der Waals surface area (Å²) in [5.41, 5.74) is 1.03. The Hall–Kier alpha value is -2.18. The van der Waals surface area contributed by atoms with Crippen LogP contribution in [0.15, 0.2) is 41.8 Å². The van der Waals surface area contributed by atoms with Gasteiger partial charge in [-0.25, -0.2) is 0 Å². The molecule has 0 bridgehead atoms. The van der Waals surface area contributed by atoms with Crippen molar-refractivity contribution in [3.8, 4) is 0 Å². The minimum absolute atomic E-state index is 0.0499. The highest BCUT2D eigenvalue weighted by molar-refractivity contribution is 7.10. The van der Waals surface area contributed by atoms with E-state index in [1.807, 2.05) is 23.6 Å². The van der Waals surface area contributed by atoms with Gasteiger partial charge in [-0.2, -0.15) is 0 Å². The zero-order chi connectivity index (χ0) is 17.1. The Bertz CT molecular complexity index is 726. The van der Waals surface area contributed by atoms with Crippen LogP contribution in [0.1, 0.15) is 34.2 Å². The maximum absolute atomic E-state index is 12.5. The second-order valence-corrected chi connectivity index (χ2v) is 6.91. The van der Waals surface area contributed by atoms with E-state index in [1.54, 1.807) is 30.1 Å². The molecule has 0 spiro atoms. The molecular formula is C18H20N2O3S. The SMILES string of the molecule is CN(C(=O)C1CC1)c1ccccc1C(=O)NC[C@@H](O)c1cccs1. The number of carbonyl (C=O) groups excluding carboxylic acids is 2. The van der Waals surface area contributed by atoms with Crippen LogP contribution in [0.5, 0.6) is 0 Å². The number of hydrogen-bond donors (Lipinski definition) is 2. The first-order chi connectivity index (χ1) is 11.6. The summed E-state index contributed by atoms with van der Waals surface area (Å²) in [4.78, 5) is 27.1. The Labute approximate surface area is 144 Å². The number of hydrogen-bond acceptors (Lipinski definition) is 4. The van der Waals surface area contributed by atoms with Crippen molar-refractivity contribution in [2.45, 2.75) is 18.9 Å². The lowest BCUT2D eigenvalue weighted by Gasteiger charge is -2.20. The first kappa shape index (κ1) is 16.7. The van der Waals surface area contributed by atoms with Gasteiger partial charge in [-0.05, 0) is 36.4 Å². The minimum Gasteiger partial charge on any atom is -0.386 e. The smallest absolute Gasteiger partial charge is 0.253 e. The second-order valence-electron chi connectivity index (χ2n) is 5.93. The van der Waals surface area contributed by atoms with Crippen LogP contribution in [0.3, 0.4) is 0 Å². The van der Waals surface area contributed by atoms with Gasteiger partial charge in [-0.3, -0.25) is 9.59 Å². The highest BCUT2D eigenvalue weighted by Gasteiger charge is 2.33. The molecule has 1 heterocycles. The van der Waals surface area contributed by atoms with E-state index in [0.717, 1.165) is 17.7 Å². The van der Waals surface area contributed by atoms with Crippen LogP contribution in [-0.4, -0.2) is 30.5 Å². The third-order valence-electron chi connectivity index (χ3n) is 4.09. The molecule has 1 atom stereocenters. The van der Waals surface area contributed by atoms with Crippen molar-refractivity contribution in [2.75, 3.05) is 18.5 Å². The summed E-state index contributed by atoms with van der Waals surface area (Å²) in [6.45, 7) is 0.133. The second kappa shape index (κ2) is 7.15. The zero-order valence-electron chi connectivity index (χ0n) is 13.4. The van der Waals surface area contributed by atoms with Gasteiger partial charge in [-0.1, -0.05) is 18.2 Å². The average molecular weight is 344 g/mol. The van der Waals surface area contributed by atoms with Gasteiger partial charge in [0.2, 0.25) is 5.91 Å². The molecule has 1 aliphatic carbocycles. The third kappa shape index (κ3) is 3.66. The highest BCUT2D eigenvalue weighted by atomic mass is 32.1. The Morgan fingerprint density at radius 1 is 1.29 bits per heavy atom. The molecule has 3 rings (SSSR count). The molecule has 24 heavy (non-hydrogen) atoms. The standard InChI is InChI=1S/C18H20N2O3S/c1-20(18(23)12-8-9-12)14-6-3-2-5-13(14)17(22)19-11-15(21)16-7-4-10-24-16/h2-7,10,12,15,21H,8-9,11H2,1H3,(H,19,22)/t15-/m1/s1. The van der Waals surface area contributed by atoms with Gasteiger partial charge >= 0.3 is 0 Å². The van der Waals surface area contributed by atoms with Crippen molar-refractivity contribution in [1.82, 2.24) is 5.32 Å². The average Bonchev–Trinajstić information content (AvgIpc) is 3.32. The summed E-state index contributed by atoms with van der Waals surface area (Å²) in [6.07, 6.45) is 1.11. The Kier molecular flexibility index (Phi) is 4.97. The normalized spacial score (nSPS) is 14.9. The quantitative estimate of drug-likeness (QED) is 0.846. The summed E-state index contributed by atoms with van der Waals surface area (Å²) in [5, 5.41) is 14.7. The first-order valence-corrected chi connectivity index (χ1v) is 8.82. The van der Waals surface area contributed by atoms with Crippen LogP contribution in [0, 0.1) is 5.92 Å². The molecule has 0 unspecified atom stereocenters. The molecular weight excluding hydrogens is 324 g/mol. The summed E-state index contributed by atoms with van der Waals surface area (Å²) in [7, 11) is 1.70. The van der Waals surface area contributed by atoms with Gasteiger partial charge in [0.1, 0.15) is 6.10 Å². The van der Waals surface area contributed by atoms with Crippen LogP contribution in [0.25, 0.3) is 0 Å². The van der Waals surface area contributed by atoms with E-state index in [1.165, 1.54) is 11.3 Å². The van der Waals surface area contributed by atoms with Gasteiger partial charge in [0.25, 0.3) is 5.91 Å². The molecule has 0 radical (unpaired) electrons. The number of benzene rings is 1. The topological polar surface area (TPSA) is 69.6 Å². The number of nitrogens with zero attached hydrogens (tertiary/aromatic N) is 1. The molecule has 6 heteroatoms. The lowest BCUT2D eigenvalue weighted by atomic mass is 10.1. The van der Waals surface area contributed by atoms with E-state index >= 15 is 0 Å².